The molecule has 0 aromatic heterocycles. The highest BCUT2D eigenvalue weighted by Gasteiger charge is 2.31. The van der Waals surface area contributed by atoms with E-state index in [9.17, 15) is 4.79 Å². The number of carbonyl (C=O) groups excluding carboxylic acids is 1. The van der Waals surface area contributed by atoms with Crippen LogP contribution in [0.2, 0.25) is 0 Å². The van der Waals surface area contributed by atoms with Gasteiger partial charge >= 0.3 is 6.09 Å². The van der Waals surface area contributed by atoms with Crippen molar-refractivity contribution in [3.8, 4) is 0 Å². The van der Waals surface area contributed by atoms with Crippen molar-refractivity contribution < 1.29 is 9.53 Å². The van der Waals surface area contributed by atoms with E-state index < -0.39 is 0 Å². The van der Waals surface area contributed by atoms with E-state index in [1.165, 1.54) is 76.9 Å². The number of anilines is 1. The molecule has 2 saturated carbocycles. The molecule has 162 valence electrons. The summed E-state index contributed by atoms with van der Waals surface area (Å²) in [6, 6.07) is 8.68. The monoisotopic (exact) mass is 399 g/mol. The predicted molar refractivity (Wildman–Crippen MR) is 122 cm³/mol. The van der Waals surface area contributed by atoms with Gasteiger partial charge in [0.15, 0.2) is 0 Å². The number of methoxy groups -OCH3 is 1. The minimum Gasteiger partial charge on any atom is -0.452 e. The molecule has 0 spiro atoms. The first-order valence-electron chi connectivity index (χ1n) is 12.1. The summed E-state index contributed by atoms with van der Waals surface area (Å²) in [5.41, 5.74) is 2.39. The Morgan fingerprint density at radius 1 is 0.897 bits per heavy atom. The maximum Gasteiger partial charge on any atom is 0.413 e. The van der Waals surface area contributed by atoms with Gasteiger partial charge in [-0.2, -0.15) is 0 Å². The molecular weight excluding hydrogens is 358 g/mol. The zero-order valence-corrected chi connectivity index (χ0v) is 18.9. The molecule has 3 rings (SSSR count). The third kappa shape index (κ3) is 5.77. The van der Waals surface area contributed by atoms with Gasteiger partial charge in [-0.15, -0.1) is 0 Å². The molecule has 0 N–H and O–H groups in total. The predicted octanol–water partition coefficient (Wildman–Crippen LogP) is 7.55. The quantitative estimate of drug-likeness (QED) is 0.473. The highest BCUT2D eigenvalue weighted by molar-refractivity contribution is 5.87. The van der Waals surface area contributed by atoms with Gasteiger partial charge in [0.1, 0.15) is 0 Å². The standard InChI is InChI=1S/C26H41NO2/c1-4-6-20-7-9-21(10-8-20)22-11-13-23(14-12-22)24-15-17-25(18-16-24)27(19-5-2)26(28)29-3/h15-18,20-23H,4-14,19H2,1-3H3. The lowest BCUT2D eigenvalue weighted by Crippen LogP contribution is -2.31. The molecule has 0 atom stereocenters. The highest BCUT2D eigenvalue weighted by atomic mass is 16.5. The van der Waals surface area contributed by atoms with Gasteiger partial charge in [-0.1, -0.05) is 51.7 Å². The van der Waals surface area contributed by atoms with Gasteiger partial charge in [0.2, 0.25) is 0 Å². The maximum absolute atomic E-state index is 12.0. The Hall–Kier alpha value is -1.51. The Kier molecular flexibility index (Phi) is 8.44. The second-order valence-electron chi connectivity index (χ2n) is 9.39. The summed E-state index contributed by atoms with van der Waals surface area (Å²) in [5.74, 6) is 3.67. The van der Waals surface area contributed by atoms with E-state index in [4.69, 9.17) is 4.74 Å². The van der Waals surface area contributed by atoms with Crippen LogP contribution in [0.4, 0.5) is 10.5 Å². The lowest BCUT2D eigenvalue weighted by atomic mass is 9.68. The van der Waals surface area contributed by atoms with Crippen LogP contribution in [-0.2, 0) is 4.74 Å². The number of ether oxygens (including phenoxy) is 1. The van der Waals surface area contributed by atoms with Gasteiger partial charge in [-0.25, -0.2) is 4.79 Å². The Labute approximate surface area is 178 Å². The average Bonchev–Trinajstić information content (AvgIpc) is 2.78. The molecule has 0 bridgehead atoms. The number of hydrogen-bond donors (Lipinski definition) is 0. The molecule has 0 radical (unpaired) electrons. The molecule has 0 aliphatic heterocycles. The van der Waals surface area contributed by atoms with Crippen LogP contribution in [0.15, 0.2) is 24.3 Å². The van der Waals surface area contributed by atoms with E-state index in [-0.39, 0.29) is 6.09 Å². The molecule has 0 unspecified atom stereocenters. The minimum atomic E-state index is -0.270. The molecule has 0 heterocycles. The lowest BCUT2D eigenvalue weighted by molar-refractivity contribution is 0.156. The van der Waals surface area contributed by atoms with Gasteiger partial charge in [0, 0.05) is 12.2 Å². The first-order chi connectivity index (χ1) is 14.2. The topological polar surface area (TPSA) is 29.5 Å². The number of amides is 1. The molecule has 3 heteroatoms. The number of carbonyl (C=O) groups is 1. The van der Waals surface area contributed by atoms with Crippen molar-refractivity contribution in [2.24, 2.45) is 17.8 Å². The fourth-order valence-electron chi connectivity index (χ4n) is 5.87. The number of nitrogens with zero attached hydrogens (tertiary/aromatic N) is 1. The van der Waals surface area contributed by atoms with Gasteiger partial charge in [-0.05, 0) is 86.3 Å². The highest BCUT2D eigenvalue weighted by Crippen LogP contribution is 2.44. The Morgan fingerprint density at radius 2 is 1.48 bits per heavy atom. The Bertz CT molecular complexity index is 610. The maximum atomic E-state index is 12.0. The number of rotatable bonds is 7. The van der Waals surface area contributed by atoms with Crippen LogP contribution in [-0.4, -0.2) is 19.7 Å². The van der Waals surface area contributed by atoms with Crippen molar-refractivity contribution in [3.63, 3.8) is 0 Å². The summed E-state index contributed by atoms with van der Waals surface area (Å²) in [4.78, 5) is 13.8. The number of hydrogen-bond acceptors (Lipinski definition) is 2. The van der Waals surface area contributed by atoms with Crippen LogP contribution < -0.4 is 4.90 Å². The summed E-state index contributed by atoms with van der Waals surface area (Å²) in [6.07, 6.45) is 14.8. The molecular formula is C26H41NO2. The van der Waals surface area contributed by atoms with Gasteiger partial charge in [-0.3, -0.25) is 4.90 Å². The molecule has 2 aliphatic carbocycles. The molecule has 0 saturated heterocycles. The molecule has 2 fully saturated rings. The van der Waals surface area contributed by atoms with Crippen LogP contribution in [0, 0.1) is 17.8 Å². The van der Waals surface area contributed by atoms with Crippen LogP contribution in [0.25, 0.3) is 0 Å². The Morgan fingerprint density at radius 3 is 2.00 bits per heavy atom. The first kappa shape index (κ1) is 22.2. The zero-order valence-electron chi connectivity index (χ0n) is 18.9. The van der Waals surface area contributed by atoms with E-state index in [2.05, 4.69) is 38.1 Å². The number of benzene rings is 1. The van der Waals surface area contributed by atoms with Crippen molar-refractivity contribution in [2.75, 3.05) is 18.6 Å². The fraction of sp³-hybridized carbons (Fsp3) is 0.731. The van der Waals surface area contributed by atoms with E-state index in [1.54, 1.807) is 4.90 Å². The minimum absolute atomic E-state index is 0.270. The summed E-state index contributed by atoms with van der Waals surface area (Å²) < 4.78 is 4.94. The van der Waals surface area contributed by atoms with Crippen LogP contribution in [0.1, 0.15) is 96.0 Å². The van der Waals surface area contributed by atoms with Gasteiger partial charge in [0.25, 0.3) is 0 Å². The SMILES string of the molecule is CCCC1CCC(C2CCC(c3ccc(N(CCC)C(=O)OC)cc3)CC2)CC1. The third-order valence-electron chi connectivity index (χ3n) is 7.55. The van der Waals surface area contributed by atoms with Crippen molar-refractivity contribution in [1.29, 1.82) is 0 Å². The smallest absolute Gasteiger partial charge is 0.413 e. The van der Waals surface area contributed by atoms with E-state index in [0.717, 1.165) is 29.9 Å². The van der Waals surface area contributed by atoms with Gasteiger partial charge < -0.3 is 4.74 Å². The summed E-state index contributed by atoms with van der Waals surface area (Å²) in [7, 11) is 1.45. The summed E-state index contributed by atoms with van der Waals surface area (Å²) in [6.45, 7) is 5.10. The van der Waals surface area contributed by atoms with Crippen LogP contribution in [0.5, 0.6) is 0 Å². The second-order valence-corrected chi connectivity index (χ2v) is 9.39. The van der Waals surface area contributed by atoms with E-state index >= 15 is 0 Å². The van der Waals surface area contributed by atoms with Crippen molar-refractivity contribution in [3.05, 3.63) is 29.8 Å². The normalized spacial score (nSPS) is 27.4. The van der Waals surface area contributed by atoms with Gasteiger partial charge in [0.05, 0.1) is 7.11 Å². The first-order valence-corrected chi connectivity index (χ1v) is 12.1. The second kappa shape index (κ2) is 11.0. The molecule has 3 nitrogen and oxygen atoms in total. The molecule has 1 aromatic carbocycles. The molecule has 1 amide bonds. The fourth-order valence-corrected chi connectivity index (χ4v) is 5.87. The zero-order chi connectivity index (χ0) is 20.6. The van der Waals surface area contributed by atoms with Crippen molar-refractivity contribution >= 4 is 11.8 Å². The van der Waals surface area contributed by atoms with Crippen LogP contribution >= 0.6 is 0 Å². The summed E-state index contributed by atoms with van der Waals surface area (Å²) >= 11 is 0. The largest absolute Gasteiger partial charge is 0.452 e. The van der Waals surface area contributed by atoms with Crippen LogP contribution in [0.3, 0.4) is 0 Å². The molecule has 29 heavy (non-hydrogen) atoms. The van der Waals surface area contributed by atoms with E-state index in [0.29, 0.717) is 12.5 Å². The van der Waals surface area contributed by atoms with Crippen molar-refractivity contribution in [1.82, 2.24) is 0 Å². The summed E-state index contributed by atoms with van der Waals surface area (Å²) in [5, 5.41) is 0. The van der Waals surface area contributed by atoms with E-state index in [1.807, 2.05) is 0 Å². The molecule has 2 aliphatic rings. The molecule has 1 aromatic rings. The third-order valence-corrected chi connectivity index (χ3v) is 7.55. The average molecular weight is 400 g/mol. The lowest BCUT2D eigenvalue weighted by Gasteiger charge is -2.38. The van der Waals surface area contributed by atoms with Crippen molar-refractivity contribution in [2.45, 2.75) is 90.4 Å². The Balaban J connectivity index is 1.51.